The van der Waals surface area contributed by atoms with Gasteiger partial charge in [-0.25, -0.2) is 9.86 Å². The fourth-order valence-corrected chi connectivity index (χ4v) is 4.85. The number of cyclic esters (lactones) is 1. The molecule has 152 valence electrons. The number of carbonyl (C=O) groups is 1. The second-order valence-electron chi connectivity index (χ2n) is 8.11. The number of carbonyl (C=O) groups excluding carboxylic acids is 1. The lowest BCUT2D eigenvalue weighted by atomic mass is 9.76. The standard InChI is InChI=1S/C25H22BrNO3/c1-16-8-14-20(15-9-16)27-22-21(25(2,30-27)18-6-4-3-5-7-18)23(29-24(22)28)17-10-12-19(26)13-11-17/h3-15,21-23H,1-2H3. The molecule has 3 aromatic rings. The van der Waals surface area contributed by atoms with Crippen molar-refractivity contribution in [1.29, 1.82) is 0 Å². The molecule has 0 aliphatic carbocycles. The molecule has 0 spiro atoms. The van der Waals surface area contributed by atoms with E-state index in [1.165, 1.54) is 0 Å². The Morgan fingerprint density at radius 1 is 0.933 bits per heavy atom. The third-order valence-corrected chi connectivity index (χ3v) is 6.69. The summed E-state index contributed by atoms with van der Waals surface area (Å²) in [6, 6.07) is 25.6. The van der Waals surface area contributed by atoms with Crippen LogP contribution in [0.1, 0.15) is 29.7 Å². The highest BCUT2D eigenvalue weighted by Gasteiger charge is 2.64. The topological polar surface area (TPSA) is 38.8 Å². The van der Waals surface area contributed by atoms with Crippen molar-refractivity contribution < 1.29 is 14.4 Å². The number of esters is 1. The van der Waals surface area contributed by atoms with Gasteiger partial charge in [-0.1, -0.05) is 76.1 Å². The van der Waals surface area contributed by atoms with E-state index in [-0.39, 0.29) is 11.9 Å². The third kappa shape index (κ3) is 3.04. The molecule has 2 fully saturated rings. The average Bonchev–Trinajstić information content (AvgIpc) is 3.27. The number of hydroxylamine groups is 1. The highest BCUT2D eigenvalue weighted by Crippen LogP contribution is 2.55. The Hall–Kier alpha value is -2.63. The van der Waals surface area contributed by atoms with Crippen LogP contribution in [0.15, 0.2) is 83.3 Å². The van der Waals surface area contributed by atoms with Crippen molar-refractivity contribution in [1.82, 2.24) is 0 Å². The lowest BCUT2D eigenvalue weighted by molar-refractivity contribution is -0.148. The molecule has 5 rings (SSSR count). The number of nitrogens with zero attached hydrogens (tertiary/aromatic N) is 1. The van der Waals surface area contributed by atoms with E-state index in [0.29, 0.717) is 0 Å². The number of hydrogen-bond donors (Lipinski definition) is 0. The summed E-state index contributed by atoms with van der Waals surface area (Å²) in [5.41, 5.74) is 3.28. The van der Waals surface area contributed by atoms with Crippen molar-refractivity contribution in [3.8, 4) is 0 Å². The van der Waals surface area contributed by atoms with Crippen LogP contribution in [0.25, 0.3) is 0 Å². The number of fused-ring (bicyclic) bond motifs is 1. The van der Waals surface area contributed by atoms with Crippen molar-refractivity contribution >= 4 is 27.6 Å². The molecule has 0 saturated carbocycles. The van der Waals surface area contributed by atoms with E-state index in [4.69, 9.17) is 9.57 Å². The first-order valence-corrected chi connectivity index (χ1v) is 10.8. The average molecular weight is 464 g/mol. The van der Waals surface area contributed by atoms with E-state index < -0.39 is 17.7 Å². The zero-order chi connectivity index (χ0) is 20.9. The Morgan fingerprint density at radius 2 is 1.60 bits per heavy atom. The molecule has 0 bridgehead atoms. The van der Waals surface area contributed by atoms with Crippen molar-refractivity contribution in [2.75, 3.05) is 5.06 Å². The van der Waals surface area contributed by atoms with Crippen molar-refractivity contribution in [2.24, 2.45) is 5.92 Å². The summed E-state index contributed by atoms with van der Waals surface area (Å²) in [5, 5.41) is 1.75. The number of hydrogen-bond acceptors (Lipinski definition) is 4. The summed E-state index contributed by atoms with van der Waals surface area (Å²) in [5.74, 6) is -0.456. The van der Waals surface area contributed by atoms with Gasteiger partial charge in [-0.3, -0.25) is 4.84 Å². The summed E-state index contributed by atoms with van der Waals surface area (Å²) in [6.45, 7) is 4.10. The summed E-state index contributed by atoms with van der Waals surface area (Å²) in [4.78, 5) is 19.7. The third-order valence-electron chi connectivity index (χ3n) is 6.16. The van der Waals surface area contributed by atoms with Crippen LogP contribution >= 0.6 is 15.9 Å². The highest BCUT2D eigenvalue weighted by molar-refractivity contribution is 9.10. The van der Waals surface area contributed by atoms with Crippen LogP contribution in [-0.4, -0.2) is 12.0 Å². The number of rotatable bonds is 3. The van der Waals surface area contributed by atoms with E-state index >= 15 is 0 Å². The summed E-state index contributed by atoms with van der Waals surface area (Å²) < 4.78 is 6.96. The first-order chi connectivity index (χ1) is 14.5. The second-order valence-corrected chi connectivity index (χ2v) is 9.02. The van der Waals surface area contributed by atoms with Gasteiger partial charge in [0.1, 0.15) is 11.7 Å². The molecule has 30 heavy (non-hydrogen) atoms. The predicted octanol–water partition coefficient (Wildman–Crippen LogP) is 5.71. The van der Waals surface area contributed by atoms with Gasteiger partial charge in [-0.2, -0.15) is 0 Å². The van der Waals surface area contributed by atoms with Crippen LogP contribution < -0.4 is 5.06 Å². The quantitative estimate of drug-likeness (QED) is 0.466. The molecular formula is C25H22BrNO3. The van der Waals surface area contributed by atoms with Crippen LogP contribution in [0.5, 0.6) is 0 Å². The highest BCUT2D eigenvalue weighted by atomic mass is 79.9. The van der Waals surface area contributed by atoms with E-state index in [1.54, 1.807) is 5.06 Å². The smallest absolute Gasteiger partial charge is 0.332 e. The number of aryl methyl sites for hydroxylation is 1. The van der Waals surface area contributed by atoms with E-state index in [9.17, 15) is 4.79 Å². The van der Waals surface area contributed by atoms with E-state index in [2.05, 4.69) is 35.0 Å². The fourth-order valence-electron chi connectivity index (χ4n) is 4.58. The molecule has 0 N–H and O–H groups in total. The van der Waals surface area contributed by atoms with Crippen LogP contribution in [0, 0.1) is 12.8 Å². The Labute approximate surface area is 184 Å². The molecule has 4 unspecified atom stereocenters. The van der Waals surface area contributed by atoms with Crippen molar-refractivity contribution in [3.63, 3.8) is 0 Å². The zero-order valence-corrected chi connectivity index (χ0v) is 18.4. The minimum Gasteiger partial charge on any atom is -0.455 e. The molecule has 2 heterocycles. The monoisotopic (exact) mass is 463 g/mol. The predicted molar refractivity (Wildman–Crippen MR) is 119 cm³/mol. The van der Waals surface area contributed by atoms with Crippen LogP contribution in [-0.2, 0) is 20.0 Å². The number of anilines is 1. The van der Waals surface area contributed by atoms with Gasteiger partial charge >= 0.3 is 5.97 Å². The van der Waals surface area contributed by atoms with Crippen LogP contribution in [0.4, 0.5) is 5.69 Å². The Morgan fingerprint density at radius 3 is 2.27 bits per heavy atom. The van der Waals surface area contributed by atoms with Crippen LogP contribution in [0.3, 0.4) is 0 Å². The van der Waals surface area contributed by atoms with E-state index in [0.717, 1.165) is 26.9 Å². The van der Waals surface area contributed by atoms with Gasteiger partial charge in [-0.05, 0) is 49.2 Å². The molecule has 2 aliphatic rings. The molecule has 4 nitrogen and oxygen atoms in total. The maximum Gasteiger partial charge on any atom is 0.332 e. The number of benzene rings is 3. The van der Waals surface area contributed by atoms with Gasteiger partial charge in [0, 0.05) is 4.47 Å². The minimum absolute atomic E-state index is 0.199. The molecule has 2 saturated heterocycles. The molecular weight excluding hydrogens is 442 g/mol. The first kappa shape index (κ1) is 19.3. The Balaban J connectivity index is 1.64. The summed E-state index contributed by atoms with van der Waals surface area (Å²) in [7, 11) is 0. The van der Waals surface area contributed by atoms with Gasteiger partial charge in [0.2, 0.25) is 0 Å². The molecule has 0 radical (unpaired) electrons. The van der Waals surface area contributed by atoms with Gasteiger partial charge < -0.3 is 4.74 Å². The summed E-state index contributed by atoms with van der Waals surface area (Å²) in [6.07, 6.45) is -0.392. The van der Waals surface area contributed by atoms with Gasteiger partial charge in [0.15, 0.2) is 6.04 Å². The number of ether oxygens (including phenoxy) is 1. The lowest BCUT2D eigenvalue weighted by Crippen LogP contribution is -2.36. The largest absolute Gasteiger partial charge is 0.455 e. The van der Waals surface area contributed by atoms with Gasteiger partial charge in [0.25, 0.3) is 0 Å². The SMILES string of the molecule is Cc1ccc(N2OC(C)(c3ccccc3)C3C(c4ccc(Br)cc4)OC(=O)C32)cc1. The van der Waals surface area contributed by atoms with Crippen molar-refractivity contribution in [3.05, 3.63) is 100 Å². The fraction of sp³-hybridized carbons (Fsp3) is 0.240. The molecule has 0 aromatic heterocycles. The maximum atomic E-state index is 13.1. The molecule has 0 amide bonds. The zero-order valence-electron chi connectivity index (χ0n) is 16.8. The molecule has 4 atom stereocenters. The second kappa shape index (κ2) is 7.25. The Bertz CT molecular complexity index is 1020. The minimum atomic E-state index is -0.722. The molecule has 3 aromatic carbocycles. The van der Waals surface area contributed by atoms with E-state index in [1.807, 2.05) is 73.7 Å². The van der Waals surface area contributed by atoms with Crippen molar-refractivity contribution in [2.45, 2.75) is 31.6 Å². The molecule has 2 aliphatic heterocycles. The number of halogens is 1. The van der Waals surface area contributed by atoms with Crippen LogP contribution in [0.2, 0.25) is 0 Å². The lowest BCUT2D eigenvalue weighted by Gasteiger charge is -2.32. The normalized spacial score (nSPS) is 27.8. The first-order valence-electron chi connectivity index (χ1n) is 10.0. The molecule has 5 heteroatoms. The summed E-state index contributed by atoms with van der Waals surface area (Å²) >= 11 is 3.49. The Kier molecular flexibility index (Phi) is 4.68. The van der Waals surface area contributed by atoms with Gasteiger partial charge in [-0.15, -0.1) is 0 Å². The van der Waals surface area contributed by atoms with Gasteiger partial charge in [0.05, 0.1) is 11.6 Å². The maximum absolute atomic E-state index is 13.1.